The molecule has 0 saturated heterocycles. The van der Waals surface area contributed by atoms with Crippen molar-refractivity contribution in [2.45, 2.75) is 5.41 Å². The van der Waals surface area contributed by atoms with Crippen molar-refractivity contribution in [3.05, 3.63) is 270 Å². The number of hydrogen-bond donors (Lipinski definition) is 0. The van der Waals surface area contributed by atoms with Gasteiger partial charge in [-0.3, -0.25) is 0 Å². The number of aromatic nitrogens is 4. The number of para-hydroxylation sites is 4. The van der Waals surface area contributed by atoms with Crippen molar-refractivity contribution in [1.82, 2.24) is 19.5 Å². The second-order valence-corrected chi connectivity index (χ2v) is 18.2. The Labute approximate surface area is 410 Å². The van der Waals surface area contributed by atoms with Gasteiger partial charge in [0.1, 0.15) is 0 Å². The fourth-order valence-electron chi connectivity index (χ4n) is 11.5. The first-order valence-electron chi connectivity index (χ1n) is 23.9. The van der Waals surface area contributed by atoms with E-state index in [1.807, 2.05) is 72.8 Å². The van der Waals surface area contributed by atoms with Crippen LogP contribution in [0.25, 0.3) is 83.9 Å². The van der Waals surface area contributed by atoms with Crippen molar-refractivity contribution in [2.75, 3.05) is 4.90 Å². The number of benzene rings is 10. The molecule has 6 nitrogen and oxygen atoms in total. The number of rotatable bonds is 6. The molecule has 1 spiro atoms. The average molecular weight is 905 g/mol. The number of anilines is 3. The van der Waals surface area contributed by atoms with E-state index in [9.17, 15) is 5.26 Å². The highest BCUT2D eigenvalue weighted by atomic mass is 15.2. The molecule has 0 N–H and O–H groups in total. The normalized spacial score (nSPS) is 12.9. The van der Waals surface area contributed by atoms with Gasteiger partial charge in [0.15, 0.2) is 17.5 Å². The first-order valence-corrected chi connectivity index (χ1v) is 23.9. The summed E-state index contributed by atoms with van der Waals surface area (Å²) in [7, 11) is 0. The van der Waals surface area contributed by atoms with E-state index in [0.29, 0.717) is 28.6 Å². The molecule has 71 heavy (non-hydrogen) atoms. The van der Waals surface area contributed by atoms with Crippen LogP contribution in [-0.4, -0.2) is 19.5 Å². The first-order chi connectivity index (χ1) is 35.2. The van der Waals surface area contributed by atoms with E-state index in [1.54, 1.807) is 0 Å². The Hall–Kier alpha value is -9.70. The van der Waals surface area contributed by atoms with Gasteiger partial charge in [-0.25, -0.2) is 15.0 Å². The summed E-state index contributed by atoms with van der Waals surface area (Å²) in [6.07, 6.45) is 0. The zero-order chi connectivity index (χ0) is 47.0. The third kappa shape index (κ3) is 6.10. The van der Waals surface area contributed by atoms with Crippen LogP contribution >= 0.6 is 0 Å². The van der Waals surface area contributed by atoms with E-state index >= 15 is 0 Å². The Bertz CT molecular complexity index is 4030. The molecule has 0 unspecified atom stereocenters. The van der Waals surface area contributed by atoms with Crippen LogP contribution < -0.4 is 4.90 Å². The van der Waals surface area contributed by atoms with Gasteiger partial charge in [-0.1, -0.05) is 176 Å². The minimum Gasteiger partial charge on any atom is -0.310 e. The van der Waals surface area contributed by atoms with Crippen LogP contribution in [0.2, 0.25) is 0 Å². The van der Waals surface area contributed by atoms with Gasteiger partial charge in [0.05, 0.1) is 39.5 Å². The van der Waals surface area contributed by atoms with E-state index in [2.05, 4.69) is 185 Å². The molecular weight excluding hydrogens is 865 g/mol. The summed E-state index contributed by atoms with van der Waals surface area (Å²) in [5, 5.41) is 13.4. The molecular formula is C65H40N6. The zero-order valence-corrected chi connectivity index (χ0v) is 38.3. The number of nitriles is 1. The van der Waals surface area contributed by atoms with Crippen molar-refractivity contribution in [3.63, 3.8) is 0 Å². The molecule has 2 aromatic heterocycles. The molecule has 1 aliphatic carbocycles. The highest BCUT2D eigenvalue weighted by Gasteiger charge is 2.51. The van der Waals surface area contributed by atoms with Crippen molar-refractivity contribution in [3.8, 4) is 68.2 Å². The molecule has 10 aromatic carbocycles. The van der Waals surface area contributed by atoms with Gasteiger partial charge in [0.2, 0.25) is 0 Å². The van der Waals surface area contributed by atoms with Crippen LogP contribution in [-0.2, 0) is 5.41 Å². The first kappa shape index (κ1) is 40.4. The summed E-state index contributed by atoms with van der Waals surface area (Å²) < 4.78 is 2.37. The lowest BCUT2D eigenvalue weighted by Crippen LogP contribution is -2.36. The molecule has 12 aromatic rings. The standard InChI is InChI=1S/C65H40N6/c66-41-46-38-48(34-35-49(46)64-68-62(42-18-4-1-5-19-42)67-63(69-64)43-20-6-2-7-21-43)71-60-30-16-13-27-56(60)65(57-28-14-17-31-61(57)71)54-26-12-10-24-50(54)52-39-44(32-36-55(52)65)45-33-37-59-53(40-45)51-25-11-15-29-58(51)70(59)47-22-8-3-9-23-47/h1-40H. The molecule has 0 bridgehead atoms. The van der Waals surface area contributed by atoms with E-state index < -0.39 is 5.41 Å². The van der Waals surface area contributed by atoms with Crippen LogP contribution in [0.1, 0.15) is 27.8 Å². The number of fused-ring (bicyclic) bond motifs is 12. The molecule has 330 valence electrons. The Morgan fingerprint density at radius 2 is 0.887 bits per heavy atom. The van der Waals surface area contributed by atoms with Gasteiger partial charge in [-0.05, 0) is 111 Å². The molecule has 14 rings (SSSR count). The lowest BCUT2D eigenvalue weighted by atomic mass is 9.64. The average Bonchev–Trinajstić information content (AvgIpc) is 3.94. The molecule has 1 aliphatic heterocycles. The summed E-state index contributed by atoms with van der Waals surface area (Å²) in [4.78, 5) is 17.2. The Morgan fingerprint density at radius 3 is 1.58 bits per heavy atom. The van der Waals surface area contributed by atoms with Gasteiger partial charge in [-0.15, -0.1) is 0 Å². The maximum Gasteiger partial charge on any atom is 0.165 e. The van der Waals surface area contributed by atoms with Crippen LogP contribution in [0.3, 0.4) is 0 Å². The van der Waals surface area contributed by atoms with Gasteiger partial charge >= 0.3 is 0 Å². The molecule has 0 amide bonds. The highest BCUT2D eigenvalue weighted by Crippen LogP contribution is 2.63. The predicted molar refractivity (Wildman–Crippen MR) is 286 cm³/mol. The van der Waals surface area contributed by atoms with Crippen LogP contribution in [0.15, 0.2) is 243 Å². The summed E-state index contributed by atoms with van der Waals surface area (Å²) in [5.41, 5.74) is 18.3. The fraction of sp³-hybridized carbons (Fsp3) is 0.0154. The minimum atomic E-state index is -0.619. The van der Waals surface area contributed by atoms with Gasteiger partial charge < -0.3 is 9.47 Å². The van der Waals surface area contributed by atoms with Crippen molar-refractivity contribution in [2.24, 2.45) is 0 Å². The van der Waals surface area contributed by atoms with E-state index in [1.165, 1.54) is 66.3 Å². The molecule has 6 heteroatoms. The summed E-state index contributed by atoms with van der Waals surface area (Å²) in [6, 6.07) is 88.2. The monoisotopic (exact) mass is 904 g/mol. The molecule has 3 heterocycles. The molecule has 0 radical (unpaired) electrons. The smallest absolute Gasteiger partial charge is 0.165 e. The predicted octanol–water partition coefficient (Wildman–Crippen LogP) is 15.7. The number of nitrogens with zero attached hydrogens (tertiary/aromatic N) is 6. The molecule has 0 saturated carbocycles. The minimum absolute atomic E-state index is 0.441. The second-order valence-electron chi connectivity index (χ2n) is 18.2. The van der Waals surface area contributed by atoms with Crippen LogP contribution in [0, 0.1) is 11.3 Å². The lowest BCUT2D eigenvalue weighted by molar-refractivity contribution is 0.752. The van der Waals surface area contributed by atoms with Gasteiger partial charge in [0, 0.05) is 38.8 Å². The number of hydrogen-bond acceptors (Lipinski definition) is 5. The maximum atomic E-state index is 11.0. The highest BCUT2D eigenvalue weighted by molar-refractivity contribution is 6.10. The largest absolute Gasteiger partial charge is 0.310 e. The Balaban J connectivity index is 0.914. The van der Waals surface area contributed by atoms with Crippen molar-refractivity contribution < 1.29 is 0 Å². The fourth-order valence-corrected chi connectivity index (χ4v) is 11.5. The summed E-state index contributed by atoms with van der Waals surface area (Å²) >= 11 is 0. The quantitative estimate of drug-likeness (QED) is 0.166. The van der Waals surface area contributed by atoms with Gasteiger partial charge in [0.25, 0.3) is 0 Å². The third-order valence-corrected chi connectivity index (χ3v) is 14.5. The van der Waals surface area contributed by atoms with Crippen molar-refractivity contribution in [1.29, 1.82) is 5.26 Å². The van der Waals surface area contributed by atoms with E-state index in [4.69, 9.17) is 15.0 Å². The topological polar surface area (TPSA) is 70.6 Å². The Kier molecular flexibility index (Phi) is 9.07. The summed E-state index contributed by atoms with van der Waals surface area (Å²) in [6.45, 7) is 0. The molecule has 0 fully saturated rings. The van der Waals surface area contributed by atoms with E-state index in [-0.39, 0.29) is 0 Å². The molecule has 0 atom stereocenters. The molecule has 2 aliphatic rings. The van der Waals surface area contributed by atoms with Crippen LogP contribution in [0.4, 0.5) is 17.1 Å². The zero-order valence-electron chi connectivity index (χ0n) is 38.3. The van der Waals surface area contributed by atoms with Crippen molar-refractivity contribution >= 4 is 38.9 Å². The van der Waals surface area contributed by atoms with Gasteiger partial charge in [-0.2, -0.15) is 5.26 Å². The SMILES string of the molecule is N#Cc1cc(N2c3ccccc3C3(c4ccccc4-c4cc(-c5ccc6c(c5)c5ccccc5n6-c5ccccc5)ccc43)c3ccccc32)ccc1-c1nc(-c2ccccc2)nc(-c2ccccc2)n1. The lowest BCUT2D eigenvalue weighted by Gasteiger charge is -2.45. The summed E-state index contributed by atoms with van der Waals surface area (Å²) in [5.74, 6) is 1.53. The van der Waals surface area contributed by atoms with E-state index in [0.717, 1.165) is 33.9 Å². The second kappa shape index (κ2) is 16.0. The maximum absolute atomic E-state index is 11.0. The third-order valence-electron chi connectivity index (χ3n) is 14.5. The van der Waals surface area contributed by atoms with Crippen LogP contribution in [0.5, 0.6) is 0 Å². The Morgan fingerprint density at radius 1 is 0.352 bits per heavy atom.